The van der Waals surface area contributed by atoms with Crippen molar-refractivity contribution in [2.24, 2.45) is 0 Å². The molecule has 1 N–H and O–H groups in total. The molecule has 1 fully saturated rings. The van der Waals surface area contributed by atoms with Gasteiger partial charge in [0, 0.05) is 31.9 Å². The first kappa shape index (κ1) is 14.2. The largest absolute Gasteiger partial charge is 0.395 e. The molecule has 1 aromatic rings. The predicted molar refractivity (Wildman–Crippen MR) is 71.1 cm³/mol. The molecule has 1 aromatic carbocycles. The summed E-state index contributed by atoms with van der Waals surface area (Å²) in [6.07, 6.45) is 0. The molecular weight excluding hydrogens is 271 g/mol. The molecule has 0 atom stereocenters. The first-order chi connectivity index (χ1) is 9.03. The van der Waals surface area contributed by atoms with Crippen LogP contribution in [-0.2, 0) is 10.0 Å². The Bertz CT molecular complexity index is 510. The molecule has 0 unspecified atom stereocenters. The van der Waals surface area contributed by atoms with Crippen LogP contribution in [-0.4, -0.2) is 56.4 Å². The van der Waals surface area contributed by atoms with E-state index >= 15 is 0 Å². The van der Waals surface area contributed by atoms with E-state index in [9.17, 15) is 12.8 Å². The van der Waals surface area contributed by atoms with Crippen molar-refractivity contribution in [1.82, 2.24) is 4.31 Å². The van der Waals surface area contributed by atoms with Gasteiger partial charge in [-0.05, 0) is 24.3 Å². The Morgan fingerprint density at radius 1 is 1.11 bits per heavy atom. The molecule has 1 saturated heterocycles. The van der Waals surface area contributed by atoms with Gasteiger partial charge in [0.25, 0.3) is 0 Å². The smallest absolute Gasteiger partial charge is 0.216 e. The number of hydrogen-bond donors (Lipinski definition) is 1. The molecule has 0 saturated carbocycles. The Kier molecular flexibility index (Phi) is 4.38. The fourth-order valence-corrected chi connectivity index (χ4v) is 3.33. The molecule has 2 rings (SSSR count). The van der Waals surface area contributed by atoms with Crippen LogP contribution < -0.4 is 4.90 Å². The molecule has 5 nitrogen and oxygen atoms in total. The molecule has 0 aromatic heterocycles. The van der Waals surface area contributed by atoms with Crippen molar-refractivity contribution in [3.05, 3.63) is 30.1 Å². The van der Waals surface area contributed by atoms with E-state index in [1.54, 1.807) is 12.1 Å². The van der Waals surface area contributed by atoms with Crippen molar-refractivity contribution in [3.8, 4) is 0 Å². The van der Waals surface area contributed by atoms with E-state index in [2.05, 4.69) is 0 Å². The van der Waals surface area contributed by atoms with Crippen molar-refractivity contribution in [3.63, 3.8) is 0 Å². The number of halogens is 1. The molecule has 1 heterocycles. The third kappa shape index (κ3) is 3.43. The maximum absolute atomic E-state index is 12.8. The summed E-state index contributed by atoms with van der Waals surface area (Å²) in [6.45, 7) is 1.55. The van der Waals surface area contributed by atoms with Crippen LogP contribution >= 0.6 is 0 Å². The van der Waals surface area contributed by atoms with Gasteiger partial charge in [0.2, 0.25) is 10.0 Å². The fourth-order valence-electron chi connectivity index (χ4n) is 2.12. The zero-order valence-corrected chi connectivity index (χ0v) is 11.3. The zero-order valence-electron chi connectivity index (χ0n) is 10.5. The quantitative estimate of drug-likeness (QED) is 0.864. The van der Waals surface area contributed by atoms with E-state index in [1.165, 1.54) is 16.4 Å². The monoisotopic (exact) mass is 288 g/mol. The van der Waals surface area contributed by atoms with Gasteiger partial charge in [-0.3, -0.25) is 0 Å². The molecule has 0 aliphatic carbocycles. The number of piperazine rings is 1. The minimum Gasteiger partial charge on any atom is -0.395 e. The van der Waals surface area contributed by atoms with Crippen LogP contribution in [0.3, 0.4) is 0 Å². The van der Waals surface area contributed by atoms with Gasteiger partial charge in [-0.15, -0.1) is 0 Å². The fraction of sp³-hybridized carbons (Fsp3) is 0.500. The van der Waals surface area contributed by atoms with Gasteiger partial charge in [-0.1, -0.05) is 0 Å². The number of nitrogens with zero attached hydrogens (tertiary/aromatic N) is 2. The van der Waals surface area contributed by atoms with E-state index in [-0.39, 0.29) is 18.2 Å². The van der Waals surface area contributed by atoms with Gasteiger partial charge in [-0.25, -0.2) is 12.8 Å². The lowest BCUT2D eigenvalue weighted by Gasteiger charge is -2.35. The SMILES string of the molecule is O=S(=O)(CCO)N1CCN(c2ccc(F)cc2)CC1. The molecular formula is C12H17FN2O3S. The maximum atomic E-state index is 12.8. The number of hydrogen-bond acceptors (Lipinski definition) is 4. The van der Waals surface area contributed by atoms with Gasteiger partial charge < -0.3 is 10.0 Å². The zero-order chi connectivity index (χ0) is 13.9. The summed E-state index contributed by atoms with van der Waals surface area (Å²) < 4.78 is 37.8. The van der Waals surface area contributed by atoms with Gasteiger partial charge in [0.1, 0.15) is 5.82 Å². The van der Waals surface area contributed by atoms with Crippen LogP contribution in [0.2, 0.25) is 0 Å². The van der Waals surface area contributed by atoms with Crippen molar-refractivity contribution in [2.45, 2.75) is 0 Å². The summed E-state index contributed by atoms with van der Waals surface area (Å²) in [7, 11) is -3.35. The topological polar surface area (TPSA) is 60.9 Å². The lowest BCUT2D eigenvalue weighted by Crippen LogP contribution is -2.49. The van der Waals surface area contributed by atoms with Crippen LogP contribution in [0, 0.1) is 5.82 Å². The van der Waals surface area contributed by atoms with Gasteiger partial charge >= 0.3 is 0 Å². The summed E-state index contributed by atoms with van der Waals surface area (Å²) in [5, 5.41) is 8.74. The van der Waals surface area contributed by atoms with E-state index in [4.69, 9.17) is 5.11 Å². The summed E-state index contributed by atoms with van der Waals surface area (Å²) in [5.74, 6) is -0.517. The van der Waals surface area contributed by atoms with Crippen molar-refractivity contribution in [2.75, 3.05) is 43.4 Å². The van der Waals surface area contributed by atoms with Crippen LogP contribution in [0.25, 0.3) is 0 Å². The lowest BCUT2D eigenvalue weighted by atomic mass is 10.2. The molecule has 0 bridgehead atoms. The van der Waals surface area contributed by atoms with Crippen molar-refractivity contribution >= 4 is 15.7 Å². The minimum atomic E-state index is -3.35. The van der Waals surface area contributed by atoms with Crippen LogP contribution in [0.5, 0.6) is 0 Å². The van der Waals surface area contributed by atoms with Crippen LogP contribution in [0.4, 0.5) is 10.1 Å². The lowest BCUT2D eigenvalue weighted by molar-refractivity contribution is 0.312. The Labute approximate surface area is 112 Å². The summed E-state index contributed by atoms with van der Waals surface area (Å²) in [6, 6.07) is 6.16. The second-order valence-electron chi connectivity index (χ2n) is 4.40. The Morgan fingerprint density at radius 2 is 1.68 bits per heavy atom. The Balaban J connectivity index is 1.98. The van der Waals surface area contributed by atoms with Gasteiger partial charge in [0.05, 0.1) is 12.4 Å². The third-order valence-electron chi connectivity index (χ3n) is 3.17. The molecule has 7 heteroatoms. The van der Waals surface area contributed by atoms with Crippen molar-refractivity contribution in [1.29, 1.82) is 0 Å². The first-order valence-electron chi connectivity index (χ1n) is 6.12. The molecule has 1 aliphatic rings. The second-order valence-corrected chi connectivity index (χ2v) is 6.49. The number of sulfonamides is 1. The average Bonchev–Trinajstić information content (AvgIpc) is 2.40. The highest BCUT2D eigenvalue weighted by atomic mass is 32.2. The highest BCUT2D eigenvalue weighted by molar-refractivity contribution is 7.89. The molecule has 0 spiro atoms. The summed E-state index contributed by atoms with van der Waals surface area (Å²) in [4.78, 5) is 2.02. The number of aliphatic hydroxyl groups excluding tert-OH is 1. The second kappa shape index (κ2) is 5.85. The molecule has 19 heavy (non-hydrogen) atoms. The molecule has 0 radical (unpaired) electrons. The third-order valence-corrected chi connectivity index (χ3v) is 5.02. The highest BCUT2D eigenvalue weighted by Crippen LogP contribution is 2.18. The van der Waals surface area contributed by atoms with Gasteiger partial charge in [-0.2, -0.15) is 4.31 Å². The first-order valence-corrected chi connectivity index (χ1v) is 7.73. The predicted octanol–water partition coefficient (Wildman–Crippen LogP) is 0.270. The van der Waals surface area contributed by atoms with E-state index in [0.29, 0.717) is 26.2 Å². The van der Waals surface area contributed by atoms with Crippen LogP contribution in [0.15, 0.2) is 24.3 Å². The standard InChI is InChI=1S/C12H17FN2O3S/c13-11-1-3-12(4-2-11)14-5-7-15(8-6-14)19(17,18)10-9-16/h1-4,16H,5-10H2. The van der Waals surface area contributed by atoms with Gasteiger partial charge in [0.15, 0.2) is 0 Å². The van der Waals surface area contributed by atoms with E-state index < -0.39 is 10.0 Å². The number of aliphatic hydroxyl groups is 1. The Hall–Kier alpha value is -1.18. The Morgan fingerprint density at radius 3 is 2.21 bits per heavy atom. The number of anilines is 1. The highest BCUT2D eigenvalue weighted by Gasteiger charge is 2.26. The molecule has 1 aliphatic heterocycles. The normalized spacial score (nSPS) is 17.7. The summed E-state index contributed by atoms with van der Waals surface area (Å²) >= 11 is 0. The average molecular weight is 288 g/mol. The number of rotatable bonds is 4. The van der Waals surface area contributed by atoms with Crippen molar-refractivity contribution < 1.29 is 17.9 Å². The van der Waals surface area contributed by atoms with Crippen LogP contribution in [0.1, 0.15) is 0 Å². The minimum absolute atomic E-state index is 0.233. The summed E-state index contributed by atoms with van der Waals surface area (Å²) in [5.41, 5.74) is 0.889. The maximum Gasteiger partial charge on any atom is 0.216 e. The number of benzene rings is 1. The van der Waals surface area contributed by atoms with E-state index in [0.717, 1.165) is 5.69 Å². The molecule has 0 amide bonds. The molecule has 106 valence electrons. The van der Waals surface area contributed by atoms with E-state index in [1.807, 2.05) is 4.90 Å².